The van der Waals surface area contributed by atoms with Gasteiger partial charge in [0.05, 0.1) is 0 Å². The van der Waals surface area contributed by atoms with Gasteiger partial charge in [-0.3, -0.25) is 19.5 Å². The van der Waals surface area contributed by atoms with Crippen LogP contribution in [-0.2, 0) is 19.6 Å². The highest BCUT2D eigenvalue weighted by atomic mass is 16.1. The van der Waals surface area contributed by atoms with Crippen LogP contribution >= 0.6 is 0 Å². The predicted octanol–water partition coefficient (Wildman–Crippen LogP) is 5.54. The topological polar surface area (TPSA) is 30.0 Å². The molecule has 2 aliphatic heterocycles. The number of benzene rings is 2. The maximum Gasteiger partial charge on any atom is 0.162 e. The molecule has 2 aromatic carbocycles. The van der Waals surface area contributed by atoms with Crippen molar-refractivity contribution in [3.63, 3.8) is 0 Å². The fourth-order valence-electron chi connectivity index (χ4n) is 6.24. The normalized spacial score (nSPS) is 22.6. The van der Waals surface area contributed by atoms with Crippen molar-refractivity contribution in [2.45, 2.75) is 79.7 Å². The maximum atomic E-state index is 11.9. The molecule has 2 saturated heterocycles. The molecule has 5 heteroatoms. The first kappa shape index (κ1) is 28.9. The lowest BCUT2D eigenvalue weighted by Crippen LogP contribution is -2.55. The van der Waals surface area contributed by atoms with Crippen LogP contribution in [0.15, 0.2) is 48.5 Å². The lowest BCUT2D eigenvalue weighted by Gasteiger charge is -2.44. The highest BCUT2D eigenvalue weighted by molar-refractivity contribution is 5.95. The number of Topliss-reactive ketones (excluding diaryl/α,β-unsaturated/α-hetero) is 1. The van der Waals surface area contributed by atoms with E-state index < -0.39 is 0 Å². The second-order valence-corrected chi connectivity index (χ2v) is 13.0. The minimum Gasteiger partial charge on any atom is -0.300 e. The minimum atomic E-state index is 0.218. The third-order valence-electron chi connectivity index (χ3n) is 8.11. The Morgan fingerprint density at radius 1 is 0.763 bits per heavy atom. The van der Waals surface area contributed by atoms with Crippen LogP contribution in [0.3, 0.4) is 0 Å². The van der Waals surface area contributed by atoms with Crippen LogP contribution in [0, 0.1) is 5.41 Å². The van der Waals surface area contributed by atoms with Crippen molar-refractivity contribution in [2.24, 2.45) is 5.41 Å². The molecule has 208 valence electrons. The lowest BCUT2D eigenvalue weighted by molar-refractivity contribution is 0.0290. The van der Waals surface area contributed by atoms with E-state index in [9.17, 15) is 4.79 Å². The summed E-state index contributed by atoms with van der Waals surface area (Å²) >= 11 is 0. The zero-order chi connectivity index (χ0) is 27.3. The van der Waals surface area contributed by atoms with E-state index in [4.69, 9.17) is 0 Å². The van der Waals surface area contributed by atoms with Crippen molar-refractivity contribution < 1.29 is 4.79 Å². The van der Waals surface area contributed by atoms with Gasteiger partial charge in [-0.05, 0) is 36.0 Å². The van der Waals surface area contributed by atoms with E-state index in [0.717, 1.165) is 51.4 Å². The average Bonchev–Trinajstić information content (AvgIpc) is 2.87. The Kier molecular flexibility index (Phi) is 9.80. The summed E-state index contributed by atoms with van der Waals surface area (Å²) < 4.78 is 0. The molecule has 38 heavy (non-hydrogen) atoms. The molecule has 2 atom stereocenters. The third-order valence-corrected chi connectivity index (χ3v) is 8.11. The number of carbonyl (C=O) groups excluding carboxylic acids is 1. The minimum absolute atomic E-state index is 0.218. The SMILES string of the molecule is CCC(=O)c1ccc(CN2C[C@@H](C)N(Cc3cccc(CN4CCN(CC(C)(C)C)CC4)c3)[C@@H](C)C2)cc1. The first-order valence-electron chi connectivity index (χ1n) is 14.7. The molecule has 0 spiro atoms. The summed E-state index contributed by atoms with van der Waals surface area (Å²) in [6.45, 7) is 24.7. The number of carbonyl (C=O) groups is 1. The second kappa shape index (κ2) is 12.9. The molecule has 2 aliphatic rings. The standard InChI is InChI=1S/C33H50N4O/c1-7-32(38)31-13-11-28(12-14-31)22-36-20-26(2)37(27(3)21-36)24-30-10-8-9-29(19-30)23-34-15-17-35(18-16-34)25-33(4,5)6/h8-14,19,26-27H,7,15-18,20-25H2,1-6H3/t26-,27+. The van der Waals surface area contributed by atoms with E-state index >= 15 is 0 Å². The zero-order valence-corrected chi connectivity index (χ0v) is 24.7. The molecular formula is C33H50N4O. The summed E-state index contributed by atoms with van der Waals surface area (Å²) in [5, 5.41) is 0. The summed E-state index contributed by atoms with van der Waals surface area (Å²) in [5.74, 6) is 0.218. The Labute approximate surface area is 231 Å². The molecule has 0 aliphatic carbocycles. The monoisotopic (exact) mass is 518 g/mol. The number of hydrogen-bond acceptors (Lipinski definition) is 5. The van der Waals surface area contributed by atoms with E-state index in [2.05, 4.69) is 90.6 Å². The smallest absolute Gasteiger partial charge is 0.162 e. The third kappa shape index (κ3) is 8.22. The molecule has 0 amide bonds. The summed E-state index contributed by atoms with van der Waals surface area (Å²) in [7, 11) is 0. The number of ketones is 1. The first-order valence-corrected chi connectivity index (χ1v) is 14.7. The molecule has 0 N–H and O–H groups in total. The molecular weight excluding hydrogens is 468 g/mol. The van der Waals surface area contributed by atoms with Crippen LogP contribution in [0.1, 0.15) is 75.0 Å². The molecule has 0 saturated carbocycles. The van der Waals surface area contributed by atoms with Gasteiger partial charge in [-0.15, -0.1) is 0 Å². The first-order chi connectivity index (χ1) is 18.1. The summed E-state index contributed by atoms with van der Waals surface area (Å²) in [6, 6.07) is 18.5. The highest BCUT2D eigenvalue weighted by Gasteiger charge is 2.29. The Bertz CT molecular complexity index is 1020. The Morgan fingerprint density at radius 2 is 1.32 bits per heavy atom. The molecule has 2 fully saturated rings. The van der Waals surface area contributed by atoms with Gasteiger partial charge in [0.2, 0.25) is 0 Å². The van der Waals surface area contributed by atoms with Crippen molar-refractivity contribution in [1.82, 2.24) is 19.6 Å². The van der Waals surface area contributed by atoms with E-state index in [-0.39, 0.29) is 5.78 Å². The van der Waals surface area contributed by atoms with Gasteiger partial charge in [0.15, 0.2) is 5.78 Å². The van der Waals surface area contributed by atoms with Gasteiger partial charge < -0.3 is 4.90 Å². The van der Waals surface area contributed by atoms with Gasteiger partial charge in [-0.2, -0.15) is 0 Å². The number of hydrogen-bond donors (Lipinski definition) is 0. The second-order valence-electron chi connectivity index (χ2n) is 13.0. The van der Waals surface area contributed by atoms with Crippen molar-refractivity contribution in [3.05, 3.63) is 70.8 Å². The molecule has 0 aromatic heterocycles. The van der Waals surface area contributed by atoms with Gasteiger partial charge in [0.25, 0.3) is 0 Å². The number of nitrogens with zero attached hydrogens (tertiary/aromatic N) is 4. The number of piperazine rings is 2. The lowest BCUT2D eigenvalue weighted by atomic mass is 9.96. The van der Waals surface area contributed by atoms with E-state index in [0.29, 0.717) is 23.9 Å². The van der Waals surface area contributed by atoms with Gasteiger partial charge in [-0.1, -0.05) is 76.2 Å². The average molecular weight is 519 g/mol. The predicted molar refractivity (Wildman–Crippen MR) is 158 cm³/mol. The maximum absolute atomic E-state index is 11.9. The van der Waals surface area contributed by atoms with Crippen LogP contribution in [0.2, 0.25) is 0 Å². The molecule has 0 radical (unpaired) electrons. The Morgan fingerprint density at radius 3 is 1.89 bits per heavy atom. The Hall–Kier alpha value is -2.05. The van der Waals surface area contributed by atoms with E-state index in [1.807, 2.05) is 19.1 Å². The number of rotatable bonds is 9. The van der Waals surface area contributed by atoms with Gasteiger partial charge in [0, 0.05) is 89.5 Å². The van der Waals surface area contributed by atoms with E-state index in [1.54, 1.807) is 0 Å². The molecule has 5 nitrogen and oxygen atoms in total. The molecule has 2 aromatic rings. The van der Waals surface area contributed by atoms with Crippen LogP contribution in [0.5, 0.6) is 0 Å². The molecule has 0 unspecified atom stereocenters. The largest absolute Gasteiger partial charge is 0.300 e. The summed E-state index contributed by atoms with van der Waals surface area (Å²) in [4.78, 5) is 22.4. The Balaban J connectivity index is 1.28. The van der Waals surface area contributed by atoms with Crippen molar-refractivity contribution in [3.8, 4) is 0 Å². The van der Waals surface area contributed by atoms with Crippen molar-refractivity contribution in [1.29, 1.82) is 0 Å². The van der Waals surface area contributed by atoms with E-state index in [1.165, 1.54) is 36.3 Å². The van der Waals surface area contributed by atoms with Crippen LogP contribution in [0.4, 0.5) is 0 Å². The quantitative estimate of drug-likeness (QED) is 0.407. The van der Waals surface area contributed by atoms with Crippen LogP contribution in [0.25, 0.3) is 0 Å². The fourth-order valence-corrected chi connectivity index (χ4v) is 6.24. The van der Waals surface area contributed by atoms with Gasteiger partial charge >= 0.3 is 0 Å². The van der Waals surface area contributed by atoms with Gasteiger partial charge in [-0.25, -0.2) is 0 Å². The zero-order valence-electron chi connectivity index (χ0n) is 24.7. The van der Waals surface area contributed by atoms with Crippen molar-refractivity contribution >= 4 is 5.78 Å². The fraction of sp³-hybridized carbons (Fsp3) is 0.606. The van der Waals surface area contributed by atoms with Gasteiger partial charge in [0.1, 0.15) is 0 Å². The summed E-state index contributed by atoms with van der Waals surface area (Å²) in [6.07, 6.45) is 0.563. The van der Waals surface area contributed by atoms with Crippen LogP contribution in [-0.4, -0.2) is 83.3 Å². The summed E-state index contributed by atoms with van der Waals surface area (Å²) in [5.41, 5.74) is 5.36. The van der Waals surface area contributed by atoms with Crippen molar-refractivity contribution in [2.75, 3.05) is 45.8 Å². The van der Waals surface area contributed by atoms with Crippen LogP contribution < -0.4 is 0 Å². The molecule has 0 bridgehead atoms. The molecule has 2 heterocycles. The molecule has 4 rings (SSSR count). The highest BCUT2D eigenvalue weighted by Crippen LogP contribution is 2.22.